The normalized spacial score (nSPS) is 11.7. The first-order chi connectivity index (χ1) is 8.85. The van der Waals surface area contributed by atoms with Gasteiger partial charge in [-0.05, 0) is 33.5 Å². The summed E-state index contributed by atoms with van der Waals surface area (Å²) in [5.41, 5.74) is -0.411. The summed E-state index contributed by atoms with van der Waals surface area (Å²) in [4.78, 5) is 11.7. The Labute approximate surface area is 122 Å². The van der Waals surface area contributed by atoms with Gasteiger partial charge in [-0.1, -0.05) is 13.8 Å². The predicted octanol–water partition coefficient (Wildman–Crippen LogP) is 3.60. The van der Waals surface area contributed by atoms with Crippen LogP contribution in [0.4, 0.5) is 0 Å². The average molecular weight is 345 g/mol. The van der Waals surface area contributed by atoms with Gasteiger partial charge < -0.3 is 9.52 Å². The highest BCUT2D eigenvalue weighted by atomic mass is 79.9. The van der Waals surface area contributed by atoms with Gasteiger partial charge in [-0.15, -0.1) is 21.5 Å². The summed E-state index contributed by atoms with van der Waals surface area (Å²) < 4.78 is 6.57. The zero-order chi connectivity index (χ0) is 14.0. The van der Waals surface area contributed by atoms with E-state index in [4.69, 9.17) is 9.52 Å². The van der Waals surface area contributed by atoms with E-state index in [-0.39, 0.29) is 6.42 Å². The number of aromatic nitrogens is 2. The third-order valence-electron chi connectivity index (χ3n) is 2.51. The molecule has 0 spiro atoms. The van der Waals surface area contributed by atoms with Crippen molar-refractivity contribution in [1.29, 1.82) is 0 Å². The smallest absolute Gasteiger partial charge is 0.303 e. The molecule has 0 aliphatic heterocycles. The van der Waals surface area contributed by atoms with Gasteiger partial charge in [0.2, 0.25) is 5.89 Å². The van der Waals surface area contributed by atoms with Gasteiger partial charge in [-0.25, -0.2) is 0 Å². The molecule has 102 valence electrons. The monoisotopic (exact) mass is 344 g/mol. The lowest BCUT2D eigenvalue weighted by Crippen LogP contribution is -2.19. The molecule has 2 rings (SSSR count). The molecule has 0 fully saturated rings. The summed E-state index contributed by atoms with van der Waals surface area (Å²) in [7, 11) is 0. The molecule has 0 saturated heterocycles. The zero-order valence-electron chi connectivity index (χ0n) is 10.5. The first kappa shape index (κ1) is 14.2. The lowest BCUT2D eigenvalue weighted by Gasteiger charge is -2.19. The Morgan fingerprint density at radius 1 is 1.47 bits per heavy atom. The molecule has 0 saturated carbocycles. The van der Waals surface area contributed by atoms with Crippen molar-refractivity contribution in [1.82, 2.24) is 10.2 Å². The van der Waals surface area contributed by atoms with E-state index in [2.05, 4.69) is 26.1 Å². The maximum Gasteiger partial charge on any atom is 0.303 e. The first-order valence-corrected chi connectivity index (χ1v) is 7.26. The van der Waals surface area contributed by atoms with E-state index in [0.717, 1.165) is 8.66 Å². The molecule has 19 heavy (non-hydrogen) atoms. The fourth-order valence-corrected chi connectivity index (χ4v) is 3.04. The molecule has 0 amide bonds. The summed E-state index contributed by atoms with van der Waals surface area (Å²) in [6.45, 7) is 3.74. The van der Waals surface area contributed by atoms with Crippen molar-refractivity contribution in [2.75, 3.05) is 0 Å². The van der Waals surface area contributed by atoms with Crippen LogP contribution in [0.25, 0.3) is 10.8 Å². The lowest BCUT2D eigenvalue weighted by molar-refractivity contribution is -0.139. The number of carboxylic acid groups (broad SMARTS) is 1. The zero-order valence-corrected chi connectivity index (χ0v) is 12.9. The standard InChI is InChI=1S/C12H13BrN2O3S/c1-12(2,6-10(16)17)5-9-14-15-11(18-9)7-3-4-8(13)19-7/h3-4H,5-6H2,1-2H3,(H,16,17). The molecule has 2 aromatic rings. The van der Waals surface area contributed by atoms with Gasteiger partial charge in [0.05, 0.1) is 15.1 Å². The summed E-state index contributed by atoms with van der Waals surface area (Å²) in [5, 5.41) is 16.8. The van der Waals surface area contributed by atoms with E-state index in [0.29, 0.717) is 18.2 Å². The van der Waals surface area contributed by atoms with E-state index in [1.807, 2.05) is 26.0 Å². The third kappa shape index (κ3) is 3.87. The minimum absolute atomic E-state index is 0.0647. The molecule has 0 aromatic carbocycles. The highest BCUT2D eigenvalue weighted by Gasteiger charge is 2.25. The van der Waals surface area contributed by atoms with Crippen LogP contribution in [0.5, 0.6) is 0 Å². The molecule has 0 atom stereocenters. The number of carboxylic acids is 1. The number of hydrogen-bond donors (Lipinski definition) is 1. The molecule has 2 heterocycles. The molecule has 0 unspecified atom stereocenters. The Kier molecular flexibility index (Phi) is 4.05. The van der Waals surface area contributed by atoms with Crippen LogP contribution in [0.1, 0.15) is 26.2 Å². The number of aliphatic carboxylic acids is 1. The highest BCUT2D eigenvalue weighted by molar-refractivity contribution is 9.11. The largest absolute Gasteiger partial charge is 0.481 e. The minimum atomic E-state index is -0.827. The van der Waals surface area contributed by atoms with Gasteiger partial charge in [0.25, 0.3) is 5.89 Å². The van der Waals surface area contributed by atoms with Gasteiger partial charge in [0, 0.05) is 6.42 Å². The SMILES string of the molecule is CC(C)(CC(=O)O)Cc1nnc(-c2ccc(Br)s2)o1. The second-order valence-electron chi connectivity index (χ2n) is 5.02. The number of rotatable bonds is 5. The van der Waals surface area contributed by atoms with Crippen molar-refractivity contribution >= 4 is 33.2 Å². The Morgan fingerprint density at radius 2 is 2.21 bits per heavy atom. The van der Waals surface area contributed by atoms with Crippen LogP contribution in [0.3, 0.4) is 0 Å². The predicted molar refractivity (Wildman–Crippen MR) is 75.0 cm³/mol. The fraction of sp³-hybridized carbons (Fsp3) is 0.417. The van der Waals surface area contributed by atoms with E-state index >= 15 is 0 Å². The number of thiophene rings is 1. The van der Waals surface area contributed by atoms with Gasteiger partial charge in [0.1, 0.15) is 0 Å². The number of carbonyl (C=O) groups is 1. The van der Waals surface area contributed by atoms with Crippen molar-refractivity contribution in [3.63, 3.8) is 0 Å². The molecule has 2 aromatic heterocycles. The Bertz CT molecular complexity index is 591. The second-order valence-corrected chi connectivity index (χ2v) is 7.48. The second kappa shape index (κ2) is 5.42. The Morgan fingerprint density at radius 3 is 2.79 bits per heavy atom. The summed E-state index contributed by atoms with van der Waals surface area (Å²) in [6, 6.07) is 3.81. The molecule has 0 bridgehead atoms. The lowest BCUT2D eigenvalue weighted by atomic mass is 9.86. The van der Waals surface area contributed by atoms with Gasteiger partial charge in [0.15, 0.2) is 0 Å². The molecule has 0 aliphatic rings. The van der Waals surface area contributed by atoms with Crippen molar-refractivity contribution in [3.8, 4) is 10.8 Å². The third-order valence-corrected chi connectivity index (χ3v) is 4.12. The van der Waals surface area contributed by atoms with Crippen LogP contribution in [-0.2, 0) is 11.2 Å². The van der Waals surface area contributed by atoms with Crippen molar-refractivity contribution in [2.45, 2.75) is 26.7 Å². The maximum absolute atomic E-state index is 10.8. The number of halogens is 1. The van der Waals surface area contributed by atoms with E-state index in [1.165, 1.54) is 11.3 Å². The van der Waals surface area contributed by atoms with Crippen LogP contribution in [-0.4, -0.2) is 21.3 Å². The fourth-order valence-electron chi connectivity index (χ4n) is 1.74. The summed E-state index contributed by atoms with van der Waals surface area (Å²) in [5.74, 6) is 0.106. The van der Waals surface area contributed by atoms with E-state index in [1.54, 1.807) is 0 Å². The molecule has 1 N–H and O–H groups in total. The van der Waals surface area contributed by atoms with Crippen LogP contribution in [0.15, 0.2) is 20.3 Å². The van der Waals surface area contributed by atoms with Crippen molar-refractivity contribution < 1.29 is 14.3 Å². The van der Waals surface area contributed by atoms with Crippen LogP contribution in [0.2, 0.25) is 0 Å². The highest BCUT2D eigenvalue weighted by Crippen LogP contribution is 2.32. The van der Waals surface area contributed by atoms with Gasteiger partial charge >= 0.3 is 5.97 Å². The van der Waals surface area contributed by atoms with E-state index < -0.39 is 11.4 Å². The molecule has 0 radical (unpaired) electrons. The Balaban J connectivity index is 2.11. The number of nitrogens with zero attached hydrogens (tertiary/aromatic N) is 2. The van der Waals surface area contributed by atoms with Gasteiger partial charge in [-0.2, -0.15) is 0 Å². The molecule has 5 nitrogen and oxygen atoms in total. The molecular weight excluding hydrogens is 332 g/mol. The average Bonchev–Trinajstić information content (AvgIpc) is 2.84. The topological polar surface area (TPSA) is 76.2 Å². The first-order valence-electron chi connectivity index (χ1n) is 5.66. The van der Waals surface area contributed by atoms with Crippen LogP contribution < -0.4 is 0 Å². The van der Waals surface area contributed by atoms with Crippen molar-refractivity contribution in [3.05, 3.63) is 21.8 Å². The van der Waals surface area contributed by atoms with Crippen molar-refractivity contribution in [2.24, 2.45) is 5.41 Å². The number of hydrogen-bond acceptors (Lipinski definition) is 5. The van der Waals surface area contributed by atoms with Crippen LogP contribution >= 0.6 is 27.3 Å². The quantitative estimate of drug-likeness (QED) is 0.896. The maximum atomic E-state index is 10.8. The molecule has 0 aliphatic carbocycles. The summed E-state index contributed by atoms with van der Waals surface area (Å²) in [6.07, 6.45) is 0.508. The van der Waals surface area contributed by atoms with Gasteiger partial charge in [-0.3, -0.25) is 4.79 Å². The minimum Gasteiger partial charge on any atom is -0.481 e. The Hall–Kier alpha value is -1.21. The van der Waals surface area contributed by atoms with Crippen LogP contribution in [0, 0.1) is 5.41 Å². The molecule has 7 heteroatoms. The summed E-state index contributed by atoms with van der Waals surface area (Å²) >= 11 is 4.88. The molecular formula is C12H13BrN2O3S. The van der Waals surface area contributed by atoms with E-state index in [9.17, 15) is 4.79 Å².